The molecule has 1 fully saturated rings. The van der Waals surface area contributed by atoms with Crippen LogP contribution in [0.1, 0.15) is 74.5 Å². The predicted octanol–water partition coefficient (Wildman–Crippen LogP) is 8.67. The lowest BCUT2D eigenvalue weighted by Crippen LogP contribution is -2.46. The maximum Gasteiger partial charge on any atom is 0.264 e. The van der Waals surface area contributed by atoms with Crippen molar-refractivity contribution in [2.24, 2.45) is 0 Å². The number of hydrogen-bond acceptors (Lipinski definition) is 4. The number of carbonyl (C=O) groups is 1. The normalized spacial score (nSPS) is 16.8. The van der Waals surface area contributed by atoms with E-state index in [1.165, 1.54) is 21.5 Å². The predicted molar refractivity (Wildman–Crippen MR) is 186 cm³/mol. The molecule has 1 amide bonds. The molecular weight excluding hydrogens is 616 g/mol. The number of para-hydroxylation sites is 2. The Bertz CT molecular complexity index is 1780. The SMILES string of the molecule is CCOc1ccccc1N(Cc1ccc(Cl)cc1)S(=O)(=O)c1cccc(C(=O)N2CCCC2(C)Cc2ccc(C(C)(C)C)cc2)c1. The van der Waals surface area contributed by atoms with Crippen LogP contribution in [0.2, 0.25) is 5.02 Å². The quantitative estimate of drug-likeness (QED) is 0.171. The summed E-state index contributed by atoms with van der Waals surface area (Å²) in [5, 5.41) is 0.565. The van der Waals surface area contributed by atoms with Crippen LogP contribution in [0.25, 0.3) is 0 Å². The highest BCUT2D eigenvalue weighted by Crippen LogP contribution is 2.37. The molecule has 0 saturated carbocycles. The van der Waals surface area contributed by atoms with Crippen molar-refractivity contribution in [3.63, 3.8) is 0 Å². The Morgan fingerprint density at radius 3 is 2.28 bits per heavy atom. The van der Waals surface area contributed by atoms with Crippen molar-refractivity contribution in [1.82, 2.24) is 4.90 Å². The lowest BCUT2D eigenvalue weighted by atomic mass is 9.84. The first kappa shape index (κ1) is 33.6. The van der Waals surface area contributed by atoms with Crippen molar-refractivity contribution in [3.8, 4) is 5.75 Å². The first-order chi connectivity index (χ1) is 21.8. The van der Waals surface area contributed by atoms with Gasteiger partial charge in [-0.2, -0.15) is 0 Å². The highest BCUT2D eigenvalue weighted by molar-refractivity contribution is 7.92. The molecule has 0 aromatic heterocycles. The summed E-state index contributed by atoms with van der Waals surface area (Å²) in [6.45, 7) is 11.6. The van der Waals surface area contributed by atoms with Crippen molar-refractivity contribution in [2.75, 3.05) is 17.5 Å². The number of sulfonamides is 1. The maximum atomic E-state index is 14.4. The maximum absolute atomic E-state index is 14.4. The standard InChI is InChI=1S/C38H43ClN2O4S/c1-6-45-35-14-8-7-13-34(35)41(27-29-17-21-32(39)22-18-29)46(43,44)33-12-9-11-30(25-33)36(42)40-24-10-23-38(40,5)26-28-15-19-31(20-16-28)37(2,3)4/h7-9,11-22,25H,6,10,23-24,26-27H2,1-5H3. The number of ether oxygens (including phenoxy) is 1. The first-order valence-corrected chi connectivity index (χ1v) is 17.6. The van der Waals surface area contributed by atoms with Gasteiger partial charge in [0.25, 0.3) is 15.9 Å². The molecule has 0 N–H and O–H groups in total. The van der Waals surface area contributed by atoms with Gasteiger partial charge >= 0.3 is 0 Å². The second kappa shape index (κ2) is 13.5. The average Bonchev–Trinajstić information content (AvgIpc) is 3.41. The van der Waals surface area contributed by atoms with Crippen LogP contribution in [-0.2, 0) is 28.4 Å². The fraction of sp³-hybridized carbons (Fsp3) is 0.342. The van der Waals surface area contributed by atoms with E-state index in [4.69, 9.17) is 16.3 Å². The van der Waals surface area contributed by atoms with Gasteiger partial charge in [-0.25, -0.2) is 8.42 Å². The molecule has 0 spiro atoms. The molecule has 1 heterocycles. The molecule has 0 radical (unpaired) electrons. The van der Waals surface area contributed by atoms with Gasteiger partial charge in [0.2, 0.25) is 0 Å². The summed E-state index contributed by atoms with van der Waals surface area (Å²) < 4.78 is 36.1. The van der Waals surface area contributed by atoms with E-state index in [0.717, 1.165) is 24.8 Å². The van der Waals surface area contributed by atoms with Crippen LogP contribution in [0, 0.1) is 0 Å². The van der Waals surface area contributed by atoms with Crippen LogP contribution in [-0.4, -0.2) is 37.9 Å². The van der Waals surface area contributed by atoms with E-state index in [-0.39, 0.29) is 28.3 Å². The van der Waals surface area contributed by atoms with Gasteiger partial charge in [0.05, 0.1) is 23.7 Å². The van der Waals surface area contributed by atoms with Crippen LogP contribution in [0.3, 0.4) is 0 Å². The molecule has 6 nitrogen and oxygen atoms in total. The molecule has 1 aliphatic rings. The van der Waals surface area contributed by atoms with Gasteiger partial charge in [-0.3, -0.25) is 9.10 Å². The summed E-state index contributed by atoms with van der Waals surface area (Å²) in [4.78, 5) is 16.1. The van der Waals surface area contributed by atoms with Crippen LogP contribution >= 0.6 is 11.6 Å². The highest BCUT2D eigenvalue weighted by atomic mass is 35.5. The summed E-state index contributed by atoms with van der Waals surface area (Å²) in [5.41, 5.74) is 3.66. The lowest BCUT2D eigenvalue weighted by molar-refractivity contribution is 0.0624. The summed E-state index contributed by atoms with van der Waals surface area (Å²) in [7, 11) is -4.13. The largest absolute Gasteiger partial charge is 0.492 e. The monoisotopic (exact) mass is 658 g/mol. The first-order valence-electron chi connectivity index (χ1n) is 15.8. The number of anilines is 1. The summed E-state index contributed by atoms with van der Waals surface area (Å²) in [6.07, 6.45) is 2.49. The molecule has 1 saturated heterocycles. The van der Waals surface area contributed by atoms with E-state index >= 15 is 0 Å². The molecular formula is C38H43ClN2O4S. The summed E-state index contributed by atoms with van der Waals surface area (Å²) in [5.74, 6) is 0.292. The minimum atomic E-state index is -4.13. The molecule has 1 aliphatic heterocycles. The minimum absolute atomic E-state index is 0.0392. The molecule has 1 unspecified atom stereocenters. The van der Waals surface area contributed by atoms with E-state index in [0.29, 0.717) is 35.2 Å². The second-order valence-corrected chi connectivity index (χ2v) is 15.5. The Labute approximate surface area is 279 Å². The third-order valence-corrected chi connectivity index (χ3v) is 10.7. The Kier molecular flexibility index (Phi) is 9.85. The summed E-state index contributed by atoms with van der Waals surface area (Å²) >= 11 is 6.12. The van der Waals surface area contributed by atoms with Gasteiger partial charge < -0.3 is 9.64 Å². The number of rotatable bonds is 10. The van der Waals surface area contributed by atoms with Gasteiger partial charge in [0.15, 0.2) is 0 Å². The minimum Gasteiger partial charge on any atom is -0.492 e. The van der Waals surface area contributed by atoms with Crippen molar-refractivity contribution in [1.29, 1.82) is 0 Å². The molecule has 46 heavy (non-hydrogen) atoms. The van der Waals surface area contributed by atoms with Gasteiger partial charge in [-0.05, 0) is 97.7 Å². The average molecular weight is 659 g/mol. The number of amides is 1. The summed E-state index contributed by atoms with van der Waals surface area (Å²) in [6, 6.07) is 29.2. The van der Waals surface area contributed by atoms with Crippen LogP contribution in [0.5, 0.6) is 5.75 Å². The number of nitrogens with zero attached hydrogens (tertiary/aromatic N) is 2. The Morgan fingerprint density at radius 2 is 1.61 bits per heavy atom. The van der Waals surface area contributed by atoms with E-state index in [1.54, 1.807) is 60.7 Å². The number of carbonyl (C=O) groups excluding carboxylic acids is 1. The van der Waals surface area contributed by atoms with E-state index in [2.05, 4.69) is 52.0 Å². The lowest BCUT2D eigenvalue weighted by Gasteiger charge is -2.36. The number of benzene rings is 4. The Balaban J connectivity index is 1.46. The molecule has 1 atom stereocenters. The third kappa shape index (κ3) is 7.26. The molecule has 4 aromatic rings. The third-order valence-electron chi connectivity index (χ3n) is 8.74. The molecule has 0 aliphatic carbocycles. The highest BCUT2D eigenvalue weighted by Gasteiger charge is 2.40. The number of halogens is 1. The fourth-order valence-electron chi connectivity index (χ4n) is 6.18. The van der Waals surface area contributed by atoms with Crippen molar-refractivity contribution < 1.29 is 17.9 Å². The zero-order valence-corrected chi connectivity index (χ0v) is 28.9. The molecule has 5 rings (SSSR count). The van der Waals surface area contributed by atoms with E-state index in [1.807, 2.05) is 17.9 Å². The topological polar surface area (TPSA) is 66.9 Å². The van der Waals surface area contributed by atoms with E-state index in [9.17, 15) is 13.2 Å². The van der Waals surface area contributed by atoms with Crippen molar-refractivity contribution >= 4 is 33.2 Å². The molecule has 8 heteroatoms. The van der Waals surface area contributed by atoms with Crippen molar-refractivity contribution in [2.45, 2.75) is 76.3 Å². The molecule has 0 bridgehead atoms. The van der Waals surface area contributed by atoms with Crippen LogP contribution in [0.4, 0.5) is 5.69 Å². The zero-order chi connectivity index (χ0) is 33.1. The second-order valence-electron chi connectivity index (χ2n) is 13.2. The zero-order valence-electron chi connectivity index (χ0n) is 27.3. The van der Waals surface area contributed by atoms with Gasteiger partial charge in [0.1, 0.15) is 5.75 Å². The molecule has 4 aromatic carbocycles. The Morgan fingerprint density at radius 1 is 0.935 bits per heavy atom. The van der Waals surface area contributed by atoms with Crippen LogP contribution in [0.15, 0.2) is 102 Å². The smallest absolute Gasteiger partial charge is 0.264 e. The van der Waals surface area contributed by atoms with Gasteiger partial charge in [0, 0.05) is 22.7 Å². The number of hydrogen-bond donors (Lipinski definition) is 0. The van der Waals surface area contributed by atoms with Crippen molar-refractivity contribution in [3.05, 3.63) is 124 Å². The van der Waals surface area contributed by atoms with Gasteiger partial charge in [-0.1, -0.05) is 87.0 Å². The van der Waals surface area contributed by atoms with Gasteiger partial charge in [-0.15, -0.1) is 0 Å². The molecule has 242 valence electrons. The van der Waals surface area contributed by atoms with Crippen LogP contribution < -0.4 is 9.04 Å². The fourth-order valence-corrected chi connectivity index (χ4v) is 7.82. The number of likely N-dealkylation sites (tertiary alicyclic amines) is 1. The Hall–Kier alpha value is -3.81. The van der Waals surface area contributed by atoms with E-state index < -0.39 is 10.0 Å².